The van der Waals surface area contributed by atoms with Crippen LogP contribution in [0, 0.1) is 5.92 Å². The van der Waals surface area contributed by atoms with Crippen molar-refractivity contribution in [1.29, 1.82) is 0 Å². The Morgan fingerprint density at radius 3 is 2.75 bits per heavy atom. The summed E-state index contributed by atoms with van der Waals surface area (Å²) in [5.41, 5.74) is 1.68. The summed E-state index contributed by atoms with van der Waals surface area (Å²) in [4.78, 5) is 45.0. The first-order chi connectivity index (χ1) is 15.6. The van der Waals surface area contributed by atoms with Crippen molar-refractivity contribution >= 4 is 24.2 Å². The summed E-state index contributed by atoms with van der Waals surface area (Å²) in [5, 5.41) is 0. The third-order valence-electron chi connectivity index (χ3n) is 5.59. The zero-order chi connectivity index (χ0) is 22.5. The Morgan fingerprint density at radius 2 is 2.03 bits per heavy atom. The number of ether oxygens (including phenoxy) is 2. The average molecular weight is 435 g/mol. The maximum absolute atomic E-state index is 13.0. The highest BCUT2D eigenvalue weighted by atomic mass is 16.6. The quantitative estimate of drug-likeness (QED) is 0.482. The van der Waals surface area contributed by atoms with Crippen molar-refractivity contribution in [1.82, 2.24) is 14.8 Å². The van der Waals surface area contributed by atoms with Crippen LogP contribution in [0.25, 0.3) is 6.08 Å². The van der Waals surface area contributed by atoms with E-state index >= 15 is 0 Å². The molecule has 1 aromatic carbocycles. The van der Waals surface area contributed by atoms with E-state index in [1.54, 1.807) is 30.6 Å². The molecule has 32 heavy (non-hydrogen) atoms. The van der Waals surface area contributed by atoms with Crippen LogP contribution in [0.2, 0.25) is 0 Å². The lowest BCUT2D eigenvalue weighted by Gasteiger charge is -2.48. The van der Waals surface area contributed by atoms with Gasteiger partial charge >= 0.3 is 12.2 Å². The second-order valence-electron chi connectivity index (χ2n) is 7.67. The van der Waals surface area contributed by atoms with Gasteiger partial charge in [0.25, 0.3) is 0 Å². The van der Waals surface area contributed by atoms with Crippen LogP contribution in [0.15, 0.2) is 60.9 Å². The van der Waals surface area contributed by atoms with E-state index in [9.17, 15) is 14.4 Å². The number of likely N-dealkylation sites (tertiary alicyclic amines) is 1. The van der Waals surface area contributed by atoms with Crippen molar-refractivity contribution in [3.05, 3.63) is 72.1 Å². The number of unbranched alkanes of at least 4 members (excludes halogenated alkanes) is 1. The number of rotatable bonds is 7. The van der Waals surface area contributed by atoms with Gasteiger partial charge < -0.3 is 9.47 Å². The van der Waals surface area contributed by atoms with Gasteiger partial charge in [-0.05, 0) is 23.6 Å². The fraction of sp³-hybridized carbons (Fsp3) is 0.333. The smallest absolute Gasteiger partial charge is 0.418 e. The number of carbonyl (C=O) groups excluding carboxylic acids is 3. The summed E-state index contributed by atoms with van der Waals surface area (Å²) in [6.07, 6.45) is 6.21. The number of imide groups is 1. The minimum Gasteiger partial charge on any atom is -0.449 e. The molecule has 0 aliphatic carbocycles. The standard InChI is InChI=1S/C24H25N3O5/c1-2-3-14-31-24(30)27-21(19(22(27)28)12-11-17-8-7-13-25-15-17)26-20(16-32-23(26)29)18-9-5-4-6-10-18/h4-13,15,19-21H,2-3,14,16H2,1H3/t19-,20-,21-/m1/s1. The fourth-order valence-electron chi connectivity index (χ4n) is 3.89. The molecular weight excluding hydrogens is 410 g/mol. The van der Waals surface area contributed by atoms with Gasteiger partial charge in [-0.3, -0.25) is 14.7 Å². The summed E-state index contributed by atoms with van der Waals surface area (Å²) in [5.74, 6) is -1.12. The van der Waals surface area contributed by atoms with Gasteiger partial charge in [0.15, 0.2) is 0 Å². The Bertz CT molecular complexity index is 995. The number of hydrogen-bond donors (Lipinski definition) is 0. The Kier molecular flexibility index (Phi) is 6.49. The fourth-order valence-corrected chi connectivity index (χ4v) is 3.89. The number of amides is 3. The number of carbonyl (C=O) groups is 3. The van der Waals surface area contributed by atoms with Crippen LogP contribution >= 0.6 is 0 Å². The molecule has 2 fully saturated rings. The number of benzene rings is 1. The van der Waals surface area contributed by atoms with Gasteiger partial charge in [0, 0.05) is 12.4 Å². The Morgan fingerprint density at radius 1 is 1.22 bits per heavy atom. The molecule has 2 aliphatic rings. The molecule has 0 saturated carbocycles. The van der Waals surface area contributed by atoms with E-state index in [0.29, 0.717) is 6.42 Å². The highest BCUT2D eigenvalue weighted by Gasteiger charge is 2.58. The molecule has 0 radical (unpaired) electrons. The summed E-state index contributed by atoms with van der Waals surface area (Å²) < 4.78 is 10.6. The monoisotopic (exact) mass is 435 g/mol. The molecule has 3 amide bonds. The van der Waals surface area contributed by atoms with Crippen molar-refractivity contribution in [2.75, 3.05) is 13.2 Å². The normalized spacial score (nSPS) is 22.7. The van der Waals surface area contributed by atoms with Gasteiger partial charge in [-0.2, -0.15) is 0 Å². The number of aromatic nitrogens is 1. The molecule has 3 atom stereocenters. The number of cyclic esters (lactones) is 1. The summed E-state index contributed by atoms with van der Waals surface area (Å²) >= 11 is 0. The number of pyridine rings is 1. The highest BCUT2D eigenvalue weighted by Crippen LogP contribution is 2.40. The molecule has 8 heteroatoms. The predicted octanol–water partition coefficient (Wildman–Crippen LogP) is 4.01. The molecule has 2 aliphatic heterocycles. The summed E-state index contributed by atoms with van der Waals surface area (Å²) in [6, 6.07) is 12.7. The largest absolute Gasteiger partial charge is 0.449 e. The highest BCUT2D eigenvalue weighted by molar-refractivity contribution is 6.01. The topological polar surface area (TPSA) is 89.0 Å². The molecule has 0 spiro atoms. The van der Waals surface area contributed by atoms with Gasteiger partial charge in [0.05, 0.1) is 18.6 Å². The van der Waals surface area contributed by atoms with Crippen molar-refractivity contribution in [2.45, 2.75) is 32.0 Å². The van der Waals surface area contributed by atoms with E-state index in [1.165, 1.54) is 4.90 Å². The lowest BCUT2D eigenvalue weighted by molar-refractivity contribution is -0.158. The number of nitrogens with zero attached hydrogens (tertiary/aromatic N) is 3. The Balaban J connectivity index is 1.63. The molecule has 0 N–H and O–H groups in total. The number of hydrogen-bond acceptors (Lipinski definition) is 6. The van der Waals surface area contributed by atoms with E-state index in [2.05, 4.69) is 4.98 Å². The molecule has 8 nitrogen and oxygen atoms in total. The molecular formula is C24H25N3O5. The number of β-lactam (4-membered cyclic amide) rings is 1. The van der Waals surface area contributed by atoms with Gasteiger partial charge in [0.2, 0.25) is 5.91 Å². The van der Waals surface area contributed by atoms with Crippen molar-refractivity contribution in [3.63, 3.8) is 0 Å². The molecule has 2 saturated heterocycles. The molecule has 0 bridgehead atoms. The maximum atomic E-state index is 13.0. The van der Waals surface area contributed by atoms with Crippen LogP contribution in [0.3, 0.4) is 0 Å². The van der Waals surface area contributed by atoms with Crippen LogP contribution in [0.4, 0.5) is 9.59 Å². The van der Waals surface area contributed by atoms with Crippen LogP contribution in [-0.2, 0) is 14.3 Å². The van der Waals surface area contributed by atoms with Crippen LogP contribution < -0.4 is 0 Å². The van der Waals surface area contributed by atoms with Crippen molar-refractivity contribution in [3.8, 4) is 0 Å². The summed E-state index contributed by atoms with van der Waals surface area (Å²) in [7, 11) is 0. The van der Waals surface area contributed by atoms with E-state index in [0.717, 1.165) is 22.4 Å². The van der Waals surface area contributed by atoms with E-state index in [4.69, 9.17) is 9.47 Å². The van der Waals surface area contributed by atoms with E-state index in [1.807, 2.05) is 43.3 Å². The zero-order valence-corrected chi connectivity index (χ0v) is 17.8. The molecule has 0 unspecified atom stereocenters. The van der Waals surface area contributed by atoms with Gasteiger partial charge in [-0.15, -0.1) is 0 Å². The molecule has 2 aromatic rings. The average Bonchev–Trinajstić information content (AvgIpc) is 3.19. The Labute approximate surface area is 186 Å². The first-order valence-electron chi connectivity index (χ1n) is 10.7. The molecule has 1 aromatic heterocycles. The minimum atomic E-state index is -0.829. The molecule has 3 heterocycles. The maximum Gasteiger partial charge on any atom is 0.418 e. The van der Waals surface area contributed by atoms with E-state index in [-0.39, 0.29) is 13.2 Å². The van der Waals surface area contributed by atoms with Crippen molar-refractivity contribution in [2.24, 2.45) is 5.92 Å². The lowest BCUT2D eigenvalue weighted by Crippen LogP contribution is -2.69. The van der Waals surface area contributed by atoms with Crippen LogP contribution in [0.5, 0.6) is 0 Å². The first-order valence-corrected chi connectivity index (χ1v) is 10.7. The third-order valence-corrected chi connectivity index (χ3v) is 5.59. The predicted molar refractivity (Wildman–Crippen MR) is 116 cm³/mol. The minimum absolute atomic E-state index is 0.144. The molecule has 166 valence electrons. The second kappa shape index (κ2) is 9.64. The van der Waals surface area contributed by atoms with Crippen molar-refractivity contribution < 1.29 is 23.9 Å². The summed E-state index contributed by atoms with van der Waals surface area (Å²) in [6.45, 7) is 2.34. The van der Waals surface area contributed by atoms with Crippen LogP contribution in [0.1, 0.15) is 36.9 Å². The zero-order valence-electron chi connectivity index (χ0n) is 17.8. The van der Waals surface area contributed by atoms with Gasteiger partial charge in [-0.25, -0.2) is 14.5 Å². The SMILES string of the molecule is CCCCOC(=O)N1C(=O)[C@H](C=Cc2cccnc2)[C@@H]1N1C(=O)OC[C@@H]1c1ccccc1. The van der Waals surface area contributed by atoms with Gasteiger partial charge in [0.1, 0.15) is 12.8 Å². The first kappa shape index (κ1) is 21.5. The van der Waals surface area contributed by atoms with Crippen LogP contribution in [-0.4, -0.2) is 52.3 Å². The second-order valence-corrected chi connectivity index (χ2v) is 7.67. The molecule has 4 rings (SSSR count). The lowest BCUT2D eigenvalue weighted by atomic mass is 9.90. The Hall–Kier alpha value is -3.68. The van der Waals surface area contributed by atoms with Gasteiger partial charge in [-0.1, -0.05) is 61.9 Å². The van der Waals surface area contributed by atoms with E-state index < -0.39 is 36.2 Å². The third kappa shape index (κ3) is 4.21.